The van der Waals surface area contributed by atoms with Crippen molar-refractivity contribution in [3.63, 3.8) is 0 Å². The first-order valence-corrected chi connectivity index (χ1v) is 15.7. The van der Waals surface area contributed by atoms with Crippen molar-refractivity contribution < 1.29 is 24.1 Å². The average Bonchev–Trinajstić information content (AvgIpc) is 3.40. The third-order valence-electron chi connectivity index (χ3n) is 8.09. The third-order valence-corrected chi connectivity index (χ3v) is 9.42. The van der Waals surface area contributed by atoms with Gasteiger partial charge in [0.05, 0.1) is 32.2 Å². The van der Waals surface area contributed by atoms with Crippen molar-refractivity contribution >= 4 is 17.6 Å². The fourth-order valence-corrected chi connectivity index (χ4v) is 7.02. The van der Waals surface area contributed by atoms with Crippen LogP contribution >= 0.6 is 11.8 Å². The molecule has 236 valence electrons. The lowest BCUT2D eigenvalue weighted by Crippen LogP contribution is -2.39. The van der Waals surface area contributed by atoms with Crippen LogP contribution in [-0.2, 0) is 15.1 Å². The number of nitrogens with zero attached hydrogens (tertiary/aromatic N) is 2. The van der Waals surface area contributed by atoms with Crippen LogP contribution in [0.15, 0.2) is 131 Å². The summed E-state index contributed by atoms with van der Waals surface area (Å²) in [6, 6.07) is 36.6. The zero-order chi connectivity index (χ0) is 32.1. The second-order valence-corrected chi connectivity index (χ2v) is 12.1. The van der Waals surface area contributed by atoms with Crippen LogP contribution in [0.2, 0.25) is 0 Å². The molecule has 0 saturated carbocycles. The topological polar surface area (TPSA) is 118 Å². The summed E-state index contributed by atoms with van der Waals surface area (Å²) < 4.78 is 25.8. The van der Waals surface area contributed by atoms with Crippen molar-refractivity contribution in [2.75, 3.05) is 26.6 Å². The fraction of sp³-hybridized carbons (Fsp3) is 0.222. The number of aliphatic hydroxyl groups is 1. The summed E-state index contributed by atoms with van der Waals surface area (Å²) in [5, 5.41) is 11.3. The number of rotatable bonds is 11. The molecule has 0 aliphatic carbocycles. The molecule has 10 heteroatoms. The number of methoxy groups -OCH3 is 2. The highest BCUT2D eigenvalue weighted by atomic mass is 32.2. The van der Waals surface area contributed by atoms with Gasteiger partial charge in [-0.1, -0.05) is 72.8 Å². The number of nitrogens with two attached hydrogens (primary N) is 1. The Bertz CT molecular complexity index is 1740. The molecule has 1 aliphatic heterocycles. The third kappa shape index (κ3) is 6.25. The summed E-state index contributed by atoms with van der Waals surface area (Å²) in [7, 11) is 3.25. The standard InChI is InChI=1S/C36H35N3O6S/c1-42-27-17-13-25(14-18-27)36(24-9-5-3-6-10-24,26-15-19-28(43-2)20-16-26)44-23-30-32(40)33(46-29-11-7-4-8-12-29)34(45-30)39-22-21-31(37)38-35(39)41/h3-22,30,32-34,40H,23H2,1-2H3,(H2,37,38,41)/t30-,32?,33?,34-/m1/s1. The van der Waals surface area contributed by atoms with E-state index in [9.17, 15) is 9.90 Å². The van der Waals surface area contributed by atoms with Crippen LogP contribution in [0, 0.1) is 0 Å². The molecule has 6 rings (SSSR count). The highest BCUT2D eigenvalue weighted by molar-refractivity contribution is 8.00. The smallest absolute Gasteiger partial charge is 0.351 e. The van der Waals surface area contributed by atoms with Crippen molar-refractivity contribution in [2.24, 2.45) is 0 Å². The van der Waals surface area contributed by atoms with Gasteiger partial charge < -0.3 is 29.8 Å². The van der Waals surface area contributed by atoms with Crippen molar-refractivity contribution in [1.82, 2.24) is 9.55 Å². The van der Waals surface area contributed by atoms with Crippen LogP contribution in [0.1, 0.15) is 22.9 Å². The molecular weight excluding hydrogens is 602 g/mol. The molecule has 5 aromatic rings. The van der Waals surface area contributed by atoms with Crippen molar-refractivity contribution in [1.29, 1.82) is 0 Å². The summed E-state index contributed by atoms with van der Waals surface area (Å²) in [5.74, 6) is 1.53. The van der Waals surface area contributed by atoms with E-state index in [1.165, 1.54) is 16.3 Å². The number of nitrogen functional groups attached to an aromatic ring is 1. The summed E-state index contributed by atoms with van der Waals surface area (Å²) in [4.78, 5) is 17.8. The number of hydrogen-bond acceptors (Lipinski definition) is 9. The molecule has 1 fully saturated rings. The van der Waals surface area contributed by atoms with E-state index in [0.29, 0.717) is 11.5 Å². The van der Waals surface area contributed by atoms with E-state index < -0.39 is 35.0 Å². The minimum atomic E-state index is -1.11. The lowest BCUT2D eigenvalue weighted by atomic mass is 9.80. The highest BCUT2D eigenvalue weighted by Crippen LogP contribution is 2.45. The van der Waals surface area contributed by atoms with Crippen LogP contribution in [0.25, 0.3) is 0 Å². The molecular formula is C36H35N3O6S. The number of benzene rings is 4. The molecule has 0 bridgehead atoms. The van der Waals surface area contributed by atoms with Gasteiger partial charge in [-0.15, -0.1) is 11.8 Å². The number of thioether (sulfide) groups is 1. The Balaban J connectivity index is 1.41. The Morgan fingerprint density at radius 3 is 1.91 bits per heavy atom. The quantitative estimate of drug-likeness (QED) is 0.187. The maximum Gasteiger partial charge on any atom is 0.351 e. The molecule has 2 heterocycles. The molecule has 0 spiro atoms. The summed E-state index contributed by atoms with van der Waals surface area (Å²) >= 11 is 1.43. The lowest BCUT2D eigenvalue weighted by Gasteiger charge is -2.37. The SMILES string of the molecule is COc1ccc(C(OC[C@H]2O[C@@H](n3ccc(N)nc3=O)C(Sc3ccccc3)C2O)(c2ccccc2)c2ccc(OC)cc2)cc1. The Labute approximate surface area is 271 Å². The molecule has 3 N–H and O–H groups in total. The van der Waals surface area contributed by atoms with Gasteiger partial charge in [0.2, 0.25) is 0 Å². The van der Waals surface area contributed by atoms with E-state index in [2.05, 4.69) is 4.98 Å². The van der Waals surface area contributed by atoms with E-state index >= 15 is 0 Å². The number of aliphatic hydroxyl groups excluding tert-OH is 1. The molecule has 1 saturated heterocycles. The lowest BCUT2D eigenvalue weighted by molar-refractivity contribution is -0.0943. The molecule has 1 aliphatic rings. The molecule has 9 nitrogen and oxygen atoms in total. The molecule has 0 amide bonds. The zero-order valence-corrected chi connectivity index (χ0v) is 26.2. The average molecular weight is 638 g/mol. The highest BCUT2D eigenvalue weighted by Gasteiger charge is 2.48. The van der Waals surface area contributed by atoms with E-state index in [1.54, 1.807) is 26.5 Å². The van der Waals surface area contributed by atoms with E-state index in [1.807, 2.05) is 109 Å². The summed E-state index contributed by atoms with van der Waals surface area (Å²) in [6.07, 6.45) is -1.08. The van der Waals surface area contributed by atoms with Crippen molar-refractivity contribution in [3.8, 4) is 11.5 Å². The number of anilines is 1. The molecule has 1 aromatic heterocycles. The molecule has 4 aromatic carbocycles. The van der Waals surface area contributed by atoms with Gasteiger partial charge >= 0.3 is 5.69 Å². The first-order chi connectivity index (χ1) is 22.4. The molecule has 0 radical (unpaired) electrons. The van der Waals surface area contributed by atoms with Crippen LogP contribution in [-0.4, -0.2) is 52.9 Å². The van der Waals surface area contributed by atoms with Gasteiger partial charge in [-0.25, -0.2) is 4.79 Å². The Morgan fingerprint density at radius 1 is 0.826 bits per heavy atom. The van der Waals surface area contributed by atoms with Gasteiger partial charge in [0, 0.05) is 11.1 Å². The van der Waals surface area contributed by atoms with Crippen molar-refractivity contribution in [3.05, 3.63) is 149 Å². The minimum Gasteiger partial charge on any atom is -0.497 e. The largest absolute Gasteiger partial charge is 0.497 e. The predicted molar refractivity (Wildman–Crippen MR) is 177 cm³/mol. The first kappa shape index (κ1) is 31.4. The van der Waals surface area contributed by atoms with E-state index in [4.69, 9.17) is 24.7 Å². The van der Waals surface area contributed by atoms with Gasteiger partial charge in [-0.2, -0.15) is 4.98 Å². The summed E-state index contributed by atoms with van der Waals surface area (Å²) in [6.45, 7) is -0.00633. The van der Waals surface area contributed by atoms with Gasteiger partial charge in [0.15, 0.2) is 6.23 Å². The molecule has 46 heavy (non-hydrogen) atoms. The first-order valence-electron chi connectivity index (χ1n) is 14.8. The second-order valence-electron chi connectivity index (χ2n) is 10.8. The maximum absolute atomic E-state index is 13.0. The van der Waals surface area contributed by atoms with Crippen LogP contribution in [0.5, 0.6) is 11.5 Å². The van der Waals surface area contributed by atoms with Gasteiger partial charge in [-0.05, 0) is 59.2 Å². The van der Waals surface area contributed by atoms with E-state index in [-0.39, 0.29) is 12.4 Å². The van der Waals surface area contributed by atoms with Gasteiger partial charge in [-0.3, -0.25) is 4.57 Å². The Kier molecular flexibility index (Phi) is 9.41. The molecule has 2 unspecified atom stereocenters. The van der Waals surface area contributed by atoms with Crippen LogP contribution < -0.4 is 20.9 Å². The second kappa shape index (κ2) is 13.8. The summed E-state index contributed by atoms with van der Waals surface area (Å²) in [5.41, 5.74) is 6.69. The fourth-order valence-electron chi connectivity index (χ4n) is 5.76. The number of hydrogen-bond donors (Lipinski definition) is 2. The molecule has 4 atom stereocenters. The monoisotopic (exact) mass is 637 g/mol. The number of aromatic nitrogens is 2. The van der Waals surface area contributed by atoms with Crippen LogP contribution in [0.3, 0.4) is 0 Å². The van der Waals surface area contributed by atoms with Crippen LogP contribution in [0.4, 0.5) is 5.82 Å². The Hall–Kier alpha value is -4.61. The van der Waals surface area contributed by atoms with E-state index in [0.717, 1.165) is 21.6 Å². The van der Waals surface area contributed by atoms with Gasteiger partial charge in [0.1, 0.15) is 29.0 Å². The maximum atomic E-state index is 13.0. The predicted octanol–water partition coefficient (Wildman–Crippen LogP) is 5.27. The minimum absolute atomic E-state index is 0.00633. The van der Waals surface area contributed by atoms with Crippen molar-refractivity contribution in [2.45, 2.75) is 34.2 Å². The Morgan fingerprint density at radius 2 is 1.37 bits per heavy atom. The normalized spacial score (nSPS) is 19.5. The number of ether oxygens (including phenoxy) is 4. The zero-order valence-electron chi connectivity index (χ0n) is 25.4. The van der Waals surface area contributed by atoms with Gasteiger partial charge in [0.25, 0.3) is 0 Å².